The second-order valence-electron chi connectivity index (χ2n) is 4.50. The van der Waals surface area contributed by atoms with Gasteiger partial charge in [0.05, 0.1) is 6.61 Å². The van der Waals surface area contributed by atoms with Gasteiger partial charge < -0.3 is 20.5 Å². The van der Waals surface area contributed by atoms with Gasteiger partial charge >= 0.3 is 6.61 Å². The Labute approximate surface area is 146 Å². The number of methoxy groups -OCH3 is 1. The van der Waals surface area contributed by atoms with Gasteiger partial charge in [-0.05, 0) is 25.0 Å². The van der Waals surface area contributed by atoms with E-state index in [1.165, 1.54) is 6.07 Å². The summed E-state index contributed by atoms with van der Waals surface area (Å²) in [7, 11) is 1.60. The summed E-state index contributed by atoms with van der Waals surface area (Å²) in [6.07, 6.45) is 0.462. The van der Waals surface area contributed by atoms with Crippen molar-refractivity contribution in [3.05, 3.63) is 29.8 Å². The normalized spacial score (nSPS) is 12.7. The van der Waals surface area contributed by atoms with Crippen LogP contribution in [0.25, 0.3) is 0 Å². The highest BCUT2D eigenvalue weighted by Crippen LogP contribution is 2.20. The lowest BCUT2D eigenvalue weighted by molar-refractivity contribution is -0.0504. The summed E-state index contributed by atoms with van der Waals surface area (Å²) in [5.41, 5.74) is 6.39. The molecule has 3 N–H and O–H groups in total. The van der Waals surface area contributed by atoms with Crippen LogP contribution in [0.3, 0.4) is 0 Å². The van der Waals surface area contributed by atoms with Crippen LogP contribution in [0.15, 0.2) is 29.3 Å². The van der Waals surface area contributed by atoms with Gasteiger partial charge in [0.1, 0.15) is 5.75 Å². The zero-order valence-corrected chi connectivity index (χ0v) is 14.9. The standard InChI is InChI=1S/C14H21F2N3O2.HI/c1-10(9-20-2)19-14(17)18-8-7-11-5-3-4-6-12(11)21-13(15)16;/h3-6,10,13H,7-9H2,1-2H3,(H3,17,18,19);1H. The van der Waals surface area contributed by atoms with E-state index in [1.807, 2.05) is 6.92 Å². The highest BCUT2D eigenvalue weighted by Gasteiger charge is 2.08. The molecule has 0 saturated carbocycles. The maximum atomic E-state index is 12.3. The third-order valence-corrected chi connectivity index (χ3v) is 2.66. The molecule has 0 aliphatic carbocycles. The molecule has 0 saturated heterocycles. The molecule has 5 nitrogen and oxygen atoms in total. The van der Waals surface area contributed by atoms with Gasteiger partial charge in [-0.1, -0.05) is 18.2 Å². The van der Waals surface area contributed by atoms with E-state index >= 15 is 0 Å². The van der Waals surface area contributed by atoms with Crippen molar-refractivity contribution in [1.82, 2.24) is 5.32 Å². The van der Waals surface area contributed by atoms with E-state index in [0.29, 0.717) is 31.1 Å². The molecule has 0 aromatic heterocycles. The van der Waals surface area contributed by atoms with Gasteiger partial charge in [0.15, 0.2) is 5.96 Å². The Morgan fingerprint density at radius 3 is 2.68 bits per heavy atom. The molecule has 0 heterocycles. The van der Waals surface area contributed by atoms with Crippen molar-refractivity contribution in [3.63, 3.8) is 0 Å². The third-order valence-electron chi connectivity index (χ3n) is 2.66. The lowest BCUT2D eigenvalue weighted by Crippen LogP contribution is -2.40. The summed E-state index contributed by atoms with van der Waals surface area (Å²) < 4.78 is 34.0. The predicted molar refractivity (Wildman–Crippen MR) is 93.2 cm³/mol. The number of nitrogens with one attached hydrogen (secondary N) is 1. The molecule has 8 heteroatoms. The average Bonchev–Trinajstić information content (AvgIpc) is 2.40. The lowest BCUT2D eigenvalue weighted by Gasteiger charge is -2.13. The maximum Gasteiger partial charge on any atom is 0.387 e. The minimum atomic E-state index is -2.84. The molecular formula is C14H22F2IN3O2. The van der Waals surface area contributed by atoms with Gasteiger partial charge in [-0.3, -0.25) is 4.99 Å². The van der Waals surface area contributed by atoms with E-state index in [2.05, 4.69) is 15.0 Å². The number of benzene rings is 1. The fraction of sp³-hybridized carbons (Fsp3) is 0.500. The topological polar surface area (TPSA) is 68.9 Å². The van der Waals surface area contributed by atoms with Crippen LogP contribution in [-0.2, 0) is 11.2 Å². The first-order chi connectivity index (χ1) is 10.0. The van der Waals surface area contributed by atoms with Crippen LogP contribution < -0.4 is 15.8 Å². The van der Waals surface area contributed by atoms with Crippen LogP contribution >= 0.6 is 24.0 Å². The smallest absolute Gasteiger partial charge is 0.387 e. The summed E-state index contributed by atoms with van der Waals surface area (Å²) >= 11 is 0. The monoisotopic (exact) mass is 429 g/mol. The number of hydrogen-bond acceptors (Lipinski definition) is 3. The molecule has 0 amide bonds. The van der Waals surface area contributed by atoms with Gasteiger partial charge in [-0.15, -0.1) is 24.0 Å². The number of hydrogen-bond donors (Lipinski definition) is 2. The molecule has 0 aliphatic heterocycles. The van der Waals surface area contributed by atoms with E-state index in [4.69, 9.17) is 10.5 Å². The Balaban J connectivity index is 0.00000441. The number of guanidine groups is 1. The number of ether oxygens (including phenoxy) is 2. The molecule has 126 valence electrons. The Kier molecular flexibility index (Phi) is 10.8. The Bertz CT molecular complexity index is 461. The third kappa shape index (κ3) is 8.32. The van der Waals surface area contributed by atoms with Gasteiger partial charge in [0.2, 0.25) is 0 Å². The molecule has 1 aromatic rings. The molecule has 0 bridgehead atoms. The van der Waals surface area contributed by atoms with Gasteiger partial charge in [-0.25, -0.2) is 0 Å². The molecule has 1 atom stereocenters. The molecule has 1 aromatic carbocycles. The highest BCUT2D eigenvalue weighted by molar-refractivity contribution is 14.0. The van der Waals surface area contributed by atoms with E-state index in [1.54, 1.807) is 25.3 Å². The molecular weight excluding hydrogens is 407 g/mol. The predicted octanol–water partition coefficient (Wildman–Crippen LogP) is 2.39. The Morgan fingerprint density at radius 1 is 1.36 bits per heavy atom. The molecule has 0 fully saturated rings. The van der Waals surface area contributed by atoms with Crippen molar-refractivity contribution in [1.29, 1.82) is 0 Å². The quantitative estimate of drug-likeness (QED) is 0.379. The number of halogens is 3. The molecule has 0 radical (unpaired) electrons. The Morgan fingerprint density at radius 2 is 2.05 bits per heavy atom. The largest absolute Gasteiger partial charge is 0.435 e. The number of nitrogens with two attached hydrogens (primary N) is 1. The van der Waals surface area contributed by atoms with Crippen molar-refractivity contribution < 1.29 is 18.3 Å². The van der Waals surface area contributed by atoms with Crippen LogP contribution in [0, 0.1) is 0 Å². The van der Waals surface area contributed by atoms with Crippen LogP contribution in [0.4, 0.5) is 8.78 Å². The van der Waals surface area contributed by atoms with Gasteiger partial charge in [-0.2, -0.15) is 8.78 Å². The van der Waals surface area contributed by atoms with Crippen molar-refractivity contribution in [3.8, 4) is 5.75 Å². The summed E-state index contributed by atoms with van der Waals surface area (Å²) in [4.78, 5) is 4.15. The second-order valence-corrected chi connectivity index (χ2v) is 4.50. The van der Waals surface area contributed by atoms with Crippen molar-refractivity contribution in [2.24, 2.45) is 10.7 Å². The van der Waals surface area contributed by atoms with Gasteiger partial charge in [0, 0.05) is 19.7 Å². The number of rotatable bonds is 8. The zero-order valence-electron chi connectivity index (χ0n) is 12.6. The molecule has 22 heavy (non-hydrogen) atoms. The molecule has 0 aliphatic rings. The van der Waals surface area contributed by atoms with E-state index in [0.717, 1.165) is 0 Å². The van der Waals surface area contributed by atoms with Crippen LogP contribution in [0.5, 0.6) is 5.75 Å². The van der Waals surface area contributed by atoms with Crippen molar-refractivity contribution in [2.75, 3.05) is 20.3 Å². The van der Waals surface area contributed by atoms with Crippen molar-refractivity contribution in [2.45, 2.75) is 26.0 Å². The van der Waals surface area contributed by atoms with E-state index < -0.39 is 6.61 Å². The fourth-order valence-corrected chi connectivity index (χ4v) is 1.81. The zero-order chi connectivity index (χ0) is 15.7. The minimum Gasteiger partial charge on any atom is -0.435 e. The minimum absolute atomic E-state index is 0. The average molecular weight is 429 g/mol. The van der Waals surface area contributed by atoms with E-state index in [-0.39, 0.29) is 35.8 Å². The highest BCUT2D eigenvalue weighted by atomic mass is 127. The number of nitrogens with zero attached hydrogens (tertiary/aromatic N) is 1. The van der Waals surface area contributed by atoms with Crippen LogP contribution in [0.1, 0.15) is 12.5 Å². The summed E-state index contributed by atoms with van der Waals surface area (Å²) in [6, 6.07) is 6.69. The summed E-state index contributed by atoms with van der Waals surface area (Å²) in [6.45, 7) is -0.0301. The first-order valence-corrected chi connectivity index (χ1v) is 6.61. The van der Waals surface area contributed by atoms with Crippen molar-refractivity contribution >= 4 is 29.9 Å². The SMILES string of the molecule is COCC(C)NC(N)=NCCc1ccccc1OC(F)F.I. The number of para-hydroxylation sites is 1. The molecule has 0 spiro atoms. The van der Waals surface area contributed by atoms with Crippen LogP contribution in [-0.4, -0.2) is 38.9 Å². The summed E-state index contributed by atoms with van der Waals surface area (Å²) in [5, 5.41) is 2.97. The summed E-state index contributed by atoms with van der Waals surface area (Å²) in [5.74, 6) is 0.466. The number of aliphatic imine (C=N–C) groups is 1. The molecule has 1 rings (SSSR count). The fourth-order valence-electron chi connectivity index (χ4n) is 1.81. The van der Waals surface area contributed by atoms with Gasteiger partial charge in [0.25, 0.3) is 0 Å². The van der Waals surface area contributed by atoms with Crippen LogP contribution in [0.2, 0.25) is 0 Å². The maximum absolute atomic E-state index is 12.3. The first kappa shape index (κ1) is 20.8. The van der Waals surface area contributed by atoms with E-state index in [9.17, 15) is 8.78 Å². The molecule has 1 unspecified atom stereocenters. The number of alkyl halides is 2. The lowest BCUT2D eigenvalue weighted by atomic mass is 10.1. The Hall–Kier alpha value is -1.16. The second kappa shape index (κ2) is 11.4. The first-order valence-electron chi connectivity index (χ1n) is 6.61.